The average molecular weight is 268 g/mol. The van der Waals surface area contributed by atoms with Crippen LogP contribution in [-0.4, -0.2) is 25.8 Å². The number of hydrogen-bond donors (Lipinski definition) is 1. The normalized spacial score (nSPS) is 20.2. The first-order valence-corrected chi connectivity index (χ1v) is 7.52. The molecule has 18 heavy (non-hydrogen) atoms. The van der Waals surface area contributed by atoms with Gasteiger partial charge in [-0.05, 0) is 42.5 Å². The van der Waals surface area contributed by atoms with E-state index in [9.17, 15) is 8.42 Å². The first kappa shape index (κ1) is 13.4. The number of hydrogen-bond acceptors (Lipinski definition) is 3. The van der Waals surface area contributed by atoms with Gasteiger partial charge in [-0.25, -0.2) is 8.42 Å². The Morgan fingerprint density at radius 1 is 1.28 bits per heavy atom. The molecule has 1 fully saturated rings. The van der Waals surface area contributed by atoms with Gasteiger partial charge < -0.3 is 5.73 Å². The predicted octanol–water partition coefficient (Wildman–Crippen LogP) is 2.00. The van der Waals surface area contributed by atoms with Gasteiger partial charge in [0, 0.05) is 18.8 Å². The van der Waals surface area contributed by atoms with Gasteiger partial charge in [-0.1, -0.05) is 13.8 Å². The fraction of sp³-hybridized carbons (Fsp3) is 0.538. The average Bonchev–Trinajstić information content (AvgIpc) is 2.58. The smallest absolute Gasteiger partial charge is 0.243 e. The van der Waals surface area contributed by atoms with Crippen LogP contribution in [0.1, 0.15) is 25.8 Å². The highest BCUT2D eigenvalue weighted by atomic mass is 32.2. The van der Waals surface area contributed by atoms with E-state index in [1.807, 2.05) is 6.92 Å². The summed E-state index contributed by atoms with van der Waals surface area (Å²) in [6.45, 7) is 7.19. The third-order valence-corrected chi connectivity index (χ3v) is 5.18. The quantitative estimate of drug-likeness (QED) is 0.834. The van der Waals surface area contributed by atoms with E-state index in [-0.39, 0.29) is 5.41 Å². The maximum Gasteiger partial charge on any atom is 0.243 e. The Kier molecular flexibility index (Phi) is 3.15. The van der Waals surface area contributed by atoms with E-state index in [1.165, 1.54) is 6.07 Å². The van der Waals surface area contributed by atoms with Crippen LogP contribution in [0, 0.1) is 12.3 Å². The minimum atomic E-state index is -3.40. The molecule has 0 bridgehead atoms. The molecule has 0 aromatic heterocycles. The Labute approximate surface area is 109 Å². The van der Waals surface area contributed by atoms with Crippen molar-refractivity contribution in [2.45, 2.75) is 32.1 Å². The Bertz CT molecular complexity index is 544. The molecule has 5 heteroatoms. The summed E-state index contributed by atoms with van der Waals surface area (Å²) < 4.78 is 26.6. The van der Waals surface area contributed by atoms with Gasteiger partial charge in [0.25, 0.3) is 0 Å². The van der Waals surface area contributed by atoms with Gasteiger partial charge in [-0.15, -0.1) is 0 Å². The van der Waals surface area contributed by atoms with Crippen molar-refractivity contribution in [1.82, 2.24) is 4.31 Å². The molecule has 0 radical (unpaired) electrons. The molecule has 1 heterocycles. The Hall–Kier alpha value is -1.07. The van der Waals surface area contributed by atoms with Crippen molar-refractivity contribution in [1.29, 1.82) is 0 Å². The van der Waals surface area contributed by atoms with Crippen LogP contribution in [0.2, 0.25) is 0 Å². The highest BCUT2D eigenvalue weighted by molar-refractivity contribution is 7.89. The first-order chi connectivity index (χ1) is 8.21. The highest BCUT2D eigenvalue weighted by Gasteiger charge is 2.36. The van der Waals surface area contributed by atoms with E-state index in [0.717, 1.165) is 12.0 Å². The highest BCUT2D eigenvalue weighted by Crippen LogP contribution is 2.33. The van der Waals surface area contributed by atoms with Crippen LogP contribution in [0.3, 0.4) is 0 Å². The van der Waals surface area contributed by atoms with Crippen molar-refractivity contribution in [3.05, 3.63) is 23.8 Å². The third-order valence-electron chi connectivity index (χ3n) is 3.35. The molecule has 1 aliphatic heterocycles. The van der Waals surface area contributed by atoms with Crippen LogP contribution in [0.15, 0.2) is 23.1 Å². The SMILES string of the molecule is Cc1cc(N)cc(S(=O)(=O)N2CCC(C)(C)C2)c1. The van der Waals surface area contributed by atoms with Gasteiger partial charge in [0.2, 0.25) is 10.0 Å². The number of nitrogen functional groups attached to an aromatic ring is 1. The first-order valence-electron chi connectivity index (χ1n) is 6.08. The number of nitrogens with two attached hydrogens (primary N) is 1. The molecule has 0 saturated carbocycles. The fourth-order valence-corrected chi connectivity index (χ4v) is 4.11. The van der Waals surface area contributed by atoms with Gasteiger partial charge in [0.15, 0.2) is 0 Å². The summed E-state index contributed by atoms with van der Waals surface area (Å²) in [5.41, 5.74) is 7.14. The summed E-state index contributed by atoms with van der Waals surface area (Å²) >= 11 is 0. The summed E-state index contributed by atoms with van der Waals surface area (Å²) in [6.07, 6.45) is 0.896. The number of anilines is 1. The van der Waals surface area contributed by atoms with E-state index in [2.05, 4.69) is 13.8 Å². The summed E-state index contributed by atoms with van der Waals surface area (Å²) in [6, 6.07) is 4.98. The molecular formula is C13H20N2O2S. The Morgan fingerprint density at radius 3 is 2.44 bits per heavy atom. The number of rotatable bonds is 2. The number of nitrogens with zero attached hydrogens (tertiary/aromatic N) is 1. The molecule has 0 atom stereocenters. The zero-order chi connectivity index (χ0) is 13.6. The second-order valence-electron chi connectivity index (χ2n) is 5.83. The van der Waals surface area contributed by atoms with Gasteiger partial charge in [-0.2, -0.15) is 4.31 Å². The topological polar surface area (TPSA) is 63.4 Å². The van der Waals surface area contributed by atoms with Crippen LogP contribution in [0.4, 0.5) is 5.69 Å². The van der Waals surface area contributed by atoms with Gasteiger partial charge in [0.05, 0.1) is 4.90 Å². The number of benzene rings is 1. The van der Waals surface area contributed by atoms with E-state index >= 15 is 0 Å². The molecule has 2 rings (SSSR count). The van der Waals surface area contributed by atoms with E-state index in [1.54, 1.807) is 16.4 Å². The maximum atomic E-state index is 12.5. The number of aryl methyl sites for hydroxylation is 1. The molecule has 100 valence electrons. The minimum Gasteiger partial charge on any atom is -0.399 e. The summed E-state index contributed by atoms with van der Waals surface area (Å²) in [5.74, 6) is 0. The standard InChI is InChI=1S/C13H20N2O2S/c1-10-6-11(14)8-12(7-10)18(16,17)15-5-4-13(2,3)9-15/h6-8H,4-5,9,14H2,1-3H3. The van der Waals surface area contributed by atoms with Gasteiger partial charge in [0.1, 0.15) is 0 Å². The second-order valence-corrected chi connectivity index (χ2v) is 7.77. The molecule has 1 aliphatic rings. The van der Waals surface area contributed by atoms with Crippen LogP contribution in [0.5, 0.6) is 0 Å². The van der Waals surface area contributed by atoms with Crippen LogP contribution in [-0.2, 0) is 10.0 Å². The molecule has 0 unspecified atom stereocenters. The molecule has 1 saturated heterocycles. The largest absolute Gasteiger partial charge is 0.399 e. The lowest BCUT2D eigenvalue weighted by Gasteiger charge is -2.20. The summed E-state index contributed by atoms with van der Waals surface area (Å²) in [4.78, 5) is 0.303. The maximum absolute atomic E-state index is 12.5. The minimum absolute atomic E-state index is 0.0580. The lowest BCUT2D eigenvalue weighted by molar-refractivity contribution is 0.375. The van der Waals surface area contributed by atoms with Crippen LogP contribution < -0.4 is 5.73 Å². The molecular weight excluding hydrogens is 248 g/mol. The molecule has 0 aliphatic carbocycles. The Morgan fingerprint density at radius 2 is 1.94 bits per heavy atom. The zero-order valence-electron chi connectivity index (χ0n) is 11.1. The molecule has 2 N–H and O–H groups in total. The molecule has 1 aromatic carbocycles. The van der Waals surface area contributed by atoms with Crippen molar-refractivity contribution in [3.8, 4) is 0 Å². The Balaban J connectivity index is 2.37. The summed E-state index contributed by atoms with van der Waals surface area (Å²) in [7, 11) is -3.40. The van der Waals surface area contributed by atoms with E-state index in [4.69, 9.17) is 5.73 Å². The predicted molar refractivity (Wildman–Crippen MR) is 72.7 cm³/mol. The second kappa shape index (κ2) is 4.24. The lowest BCUT2D eigenvalue weighted by atomic mass is 9.93. The molecule has 0 spiro atoms. The zero-order valence-corrected chi connectivity index (χ0v) is 11.9. The van der Waals surface area contributed by atoms with E-state index in [0.29, 0.717) is 23.7 Å². The van der Waals surface area contributed by atoms with Gasteiger partial charge in [-0.3, -0.25) is 0 Å². The molecule has 0 amide bonds. The third kappa shape index (κ3) is 2.52. The van der Waals surface area contributed by atoms with Crippen LogP contribution in [0.25, 0.3) is 0 Å². The molecule has 4 nitrogen and oxygen atoms in total. The fourth-order valence-electron chi connectivity index (χ4n) is 2.34. The van der Waals surface area contributed by atoms with Crippen molar-refractivity contribution in [2.24, 2.45) is 5.41 Å². The van der Waals surface area contributed by atoms with E-state index < -0.39 is 10.0 Å². The van der Waals surface area contributed by atoms with Crippen molar-refractivity contribution in [3.63, 3.8) is 0 Å². The lowest BCUT2D eigenvalue weighted by Crippen LogP contribution is -2.30. The van der Waals surface area contributed by atoms with Gasteiger partial charge >= 0.3 is 0 Å². The van der Waals surface area contributed by atoms with Crippen molar-refractivity contribution in [2.75, 3.05) is 18.8 Å². The molecule has 1 aromatic rings. The van der Waals surface area contributed by atoms with Crippen molar-refractivity contribution < 1.29 is 8.42 Å². The van der Waals surface area contributed by atoms with Crippen molar-refractivity contribution >= 4 is 15.7 Å². The monoisotopic (exact) mass is 268 g/mol. The number of sulfonamides is 1. The summed E-state index contributed by atoms with van der Waals surface area (Å²) in [5, 5.41) is 0. The van der Waals surface area contributed by atoms with Crippen LogP contribution >= 0.6 is 0 Å².